The summed E-state index contributed by atoms with van der Waals surface area (Å²) in [4.78, 5) is 9.34. The molecule has 0 fully saturated rings. The second kappa shape index (κ2) is 10.9. The van der Waals surface area contributed by atoms with E-state index in [1.54, 1.807) is 46.2 Å². The van der Waals surface area contributed by atoms with Crippen LogP contribution in [0, 0.1) is 20.8 Å². The highest BCUT2D eigenvalue weighted by atomic mass is 32.2. The van der Waals surface area contributed by atoms with Crippen LogP contribution in [-0.4, -0.2) is 30.4 Å². The lowest BCUT2D eigenvalue weighted by Gasteiger charge is -2.04. The molecule has 5 aromatic rings. The third-order valence-corrected chi connectivity index (χ3v) is 9.10. The van der Waals surface area contributed by atoms with Gasteiger partial charge in [-0.2, -0.15) is 0 Å². The van der Waals surface area contributed by atoms with Crippen LogP contribution in [0.3, 0.4) is 0 Å². The number of aromatic nitrogens is 6. The molecule has 3 aromatic heterocycles. The third kappa shape index (κ3) is 6.32. The maximum Gasteiger partial charge on any atom is 0.189 e. The predicted molar refractivity (Wildman–Crippen MR) is 146 cm³/mol. The average molecular weight is 535 g/mol. The van der Waals surface area contributed by atoms with Crippen LogP contribution in [-0.2, 0) is 11.5 Å². The van der Waals surface area contributed by atoms with Gasteiger partial charge < -0.3 is 0 Å². The van der Waals surface area contributed by atoms with Crippen LogP contribution in [0.1, 0.15) is 26.8 Å². The van der Waals surface area contributed by atoms with Crippen molar-refractivity contribution in [1.82, 2.24) is 30.4 Å². The van der Waals surface area contributed by atoms with Crippen molar-refractivity contribution in [3.8, 4) is 21.1 Å². The van der Waals surface area contributed by atoms with Crippen LogP contribution in [0.2, 0.25) is 0 Å². The molecule has 2 aromatic carbocycles. The monoisotopic (exact) mass is 534 g/mol. The standard InChI is InChI=1S/C25H22N6S4/c1-15-4-8-18(9-5-15)23-30-28-21(34-23)13-32-20-12-17(3)26-25(27-20)33-14-22-29-31-24(35-22)19-10-6-16(2)7-11-19/h4-12H,13-14H2,1-3H3. The summed E-state index contributed by atoms with van der Waals surface area (Å²) in [7, 11) is 0. The predicted octanol–water partition coefficient (Wildman–Crippen LogP) is 7.02. The molecule has 6 nitrogen and oxygen atoms in total. The Morgan fingerprint density at radius 2 is 1.14 bits per heavy atom. The average Bonchev–Trinajstić information content (AvgIpc) is 3.52. The summed E-state index contributed by atoms with van der Waals surface area (Å²) in [5, 5.41) is 22.9. The highest BCUT2D eigenvalue weighted by Crippen LogP contribution is 2.31. The fraction of sp³-hybridized carbons (Fsp3) is 0.200. The lowest BCUT2D eigenvalue weighted by Crippen LogP contribution is -1.93. The van der Waals surface area contributed by atoms with Gasteiger partial charge in [-0.1, -0.05) is 106 Å². The van der Waals surface area contributed by atoms with Crippen molar-refractivity contribution in [3.63, 3.8) is 0 Å². The smallest absolute Gasteiger partial charge is 0.189 e. The molecule has 0 atom stereocenters. The Bertz CT molecular complexity index is 1320. The Kier molecular flexibility index (Phi) is 7.52. The molecular formula is C25H22N6S4. The number of thioether (sulfide) groups is 2. The number of benzene rings is 2. The van der Waals surface area contributed by atoms with Gasteiger partial charge in [0.25, 0.3) is 0 Å². The zero-order valence-electron chi connectivity index (χ0n) is 19.4. The van der Waals surface area contributed by atoms with E-state index in [1.165, 1.54) is 11.1 Å². The van der Waals surface area contributed by atoms with Crippen LogP contribution in [0.5, 0.6) is 0 Å². The zero-order valence-corrected chi connectivity index (χ0v) is 22.7. The topological polar surface area (TPSA) is 77.3 Å². The first-order valence-electron chi connectivity index (χ1n) is 10.9. The molecule has 0 saturated heterocycles. The molecule has 0 aliphatic rings. The maximum atomic E-state index is 4.74. The van der Waals surface area contributed by atoms with Crippen molar-refractivity contribution < 1.29 is 0 Å². The Balaban J connectivity index is 1.20. The lowest BCUT2D eigenvalue weighted by molar-refractivity contribution is 0.863. The summed E-state index contributed by atoms with van der Waals surface area (Å²) in [5.74, 6) is 1.41. The minimum absolute atomic E-state index is 0.688. The second-order valence-electron chi connectivity index (χ2n) is 7.94. The minimum atomic E-state index is 0.688. The molecular weight excluding hydrogens is 513 g/mol. The summed E-state index contributed by atoms with van der Waals surface area (Å²) in [6, 6.07) is 18.7. The van der Waals surface area contributed by atoms with Gasteiger partial charge in [0.15, 0.2) is 5.16 Å². The van der Waals surface area contributed by atoms with E-state index in [-0.39, 0.29) is 0 Å². The van der Waals surface area contributed by atoms with Gasteiger partial charge >= 0.3 is 0 Å². The molecule has 0 aliphatic heterocycles. The first-order valence-corrected chi connectivity index (χ1v) is 14.5. The molecule has 0 bridgehead atoms. The van der Waals surface area contributed by atoms with Crippen LogP contribution < -0.4 is 0 Å². The van der Waals surface area contributed by atoms with E-state index in [4.69, 9.17) is 4.98 Å². The third-order valence-electron chi connectivity index (χ3n) is 5.01. The summed E-state index contributed by atoms with van der Waals surface area (Å²) >= 11 is 6.47. The van der Waals surface area contributed by atoms with Crippen molar-refractivity contribution in [1.29, 1.82) is 0 Å². The first-order chi connectivity index (χ1) is 17.0. The normalized spacial score (nSPS) is 11.2. The van der Waals surface area contributed by atoms with Crippen molar-refractivity contribution in [2.45, 2.75) is 42.5 Å². The van der Waals surface area contributed by atoms with Crippen molar-refractivity contribution in [3.05, 3.63) is 81.4 Å². The fourth-order valence-corrected chi connectivity index (χ4v) is 6.74. The van der Waals surface area contributed by atoms with Crippen LogP contribution in [0.15, 0.2) is 64.8 Å². The second-order valence-corrected chi connectivity index (χ2v) is 12.0. The first kappa shape index (κ1) is 24.1. The van der Waals surface area contributed by atoms with Crippen molar-refractivity contribution >= 4 is 46.2 Å². The van der Waals surface area contributed by atoms with E-state index < -0.39 is 0 Å². The number of nitrogens with zero attached hydrogens (tertiary/aromatic N) is 6. The molecule has 0 unspecified atom stereocenters. The van der Waals surface area contributed by atoms with Crippen molar-refractivity contribution in [2.75, 3.05) is 0 Å². The van der Waals surface area contributed by atoms with Gasteiger partial charge in [-0.3, -0.25) is 0 Å². The van der Waals surface area contributed by atoms with E-state index in [9.17, 15) is 0 Å². The fourth-order valence-electron chi connectivity index (χ4n) is 3.16. The van der Waals surface area contributed by atoms with Gasteiger partial charge in [0.05, 0.1) is 11.5 Å². The number of hydrogen-bond donors (Lipinski definition) is 0. The molecule has 0 saturated carbocycles. The van der Waals surface area contributed by atoms with Crippen LogP contribution in [0.4, 0.5) is 0 Å². The van der Waals surface area contributed by atoms with Gasteiger partial charge in [0.1, 0.15) is 25.1 Å². The SMILES string of the molecule is Cc1ccc(-c2nnc(CSc3cc(C)nc(SCc4nnc(-c5ccc(C)cc5)s4)n3)s2)cc1. The van der Waals surface area contributed by atoms with Crippen molar-refractivity contribution in [2.24, 2.45) is 0 Å². The number of aryl methyl sites for hydroxylation is 3. The van der Waals surface area contributed by atoms with E-state index in [1.807, 2.05) is 13.0 Å². The van der Waals surface area contributed by atoms with Gasteiger partial charge in [0.2, 0.25) is 0 Å². The Hall–Kier alpha value is -2.66. The molecule has 3 heterocycles. The molecule has 5 rings (SSSR count). The summed E-state index contributed by atoms with van der Waals surface area (Å²) in [5.41, 5.74) is 5.61. The van der Waals surface area contributed by atoms with E-state index >= 15 is 0 Å². The maximum absolute atomic E-state index is 4.74. The van der Waals surface area contributed by atoms with Gasteiger partial charge in [-0.05, 0) is 26.8 Å². The van der Waals surface area contributed by atoms with E-state index in [0.29, 0.717) is 5.75 Å². The summed E-state index contributed by atoms with van der Waals surface area (Å²) in [6.07, 6.45) is 0. The van der Waals surface area contributed by atoms with Crippen LogP contribution in [0.25, 0.3) is 21.1 Å². The molecule has 35 heavy (non-hydrogen) atoms. The van der Waals surface area contributed by atoms with Gasteiger partial charge in [-0.25, -0.2) is 9.97 Å². The molecule has 0 radical (unpaired) electrons. The minimum Gasteiger partial charge on any atom is -0.228 e. The molecule has 0 amide bonds. The van der Waals surface area contributed by atoms with E-state index in [0.717, 1.165) is 52.8 Å². The Morgan fingerprint density at radius 3 is 1.69 bits per heavy atom. The highest BCUT2D eigenvalue weighted by molar-refractivity contribution is 7.99. The summed E-state index contributed by atoms with van der Waals surface area (Å²) < 4.78 is 0. The largest absolute Gasteiger partial charge is 0.228 e. The van der Waals surface area contributed by atoms with Gasteiger partial charge in [0, 0.05) is 16.8 Å². The van der Waals surface area contributed by atoms with E-state index in [2.05, 4.69) is 87.8 Å². The molecule has 176 valence electrons. The molecule has 0 N–H and O–H groups in total. The summed E-state index contributed by atoms with van der Waals surface area (Å²) in [6.45, 7) is 6.16. The Morgan fingerprint density at radius 1 is 0.629 bits per heavy atom. The van der Waals surface area contributed by atoms with Crippen LogP contribution >= 0.6 is 46.2 Å². The zero-order chi connectivity index (χ0) is 24.2. The molecule has 0 spiro atoms. The molecule has 10 heteroatoms. The highest BCUT2D eigenvalue weighted by Gasteiger charge is 2.11. The van der Waals surface area contributed by atoms with Gasteiger partial charge in [-0.15, -0.1) is 20.4 Å². The molecule has 0 aliphatic carbocycles. The number of rotatable bonds is 8. The quantitative estimate of drug-likeness (QED) is 0.119. The lowest BCUT2D eigenvalue weighted by atomic mass is 10.2. The number of hydrogen-bond acceptors (Lipinski definition) is 10. The Labute approximate surface area is 220 Å².